The van der Waals surface area contributed by atoms with Crippen molar-refractivity contribution in [3.63, 3.8) is 0 Å². The molecule has 0 atom stereocenters. The molecule has 0 amide bonds. The highest BCUT2D eigenvalue weighted by molar-refractivity contribution is 5.98. The Hall–Kier alpha value is -2.45. The van der Waals surface area contributed by atoms with Gasteiger partial charge in [-0.2, -0.15) is 0 Å². The molecule has 0 fully saturated rings. The number of aromatic nitrogens is 3. The van der Waals surface area contributed by atoms with Crippen LogP contribution in [0, 0.1) is 0 Å². The quantitative estimate of drug-likeness (QED) is 0.564. The van der Waals surface area contributed by atoms with E-state index in [9.17, 15) is 14.4 Å². The second-order valence-corrected chi connectivity index (χ2v) is 2.08. The van der Waals surface area contributed by atoms with Gasteiger partial charge in [-0.25, -0.2) is 14.4 Å². The molecule has 74 valence electrons. The van der Waals surface area contributed by atoms with Crippen molar-refractivity contribution in [3.8, 4) is 0 Å². The van der Waals surface area contributed by atoms with Crippen LogP contribution in [0.1, 0.15) is 21.0 Å². The van der Waals surface area contributed by atoms with Crippen LogP contribution in [0.5, 0.6) is 0 Å². The second-order valence-electron chi connectivity index (χ2n) is 2.08. The van der Waals surface area contributed by atoms with Crippen molar-refractivity contribution < 1.29 is 29.7 Å². The fourth-order valence-corrected chi connectivity index (χ4v) is 0.680. The van der Waals surface area contributed by atoms with Crippen molar-refractivity contribution in [1.29, 1.82) is 0 Å². The monoisotopic (exact) mass is 201 g/mol. The molecule has 0 aliphatic rings. The number of hydrogen-bond donors (Lipinski definition) is 3. The van der Waals surface area contributed by atoms with Gasteiger partial charge >= 0.3 is 18.0 Å². The molecule has 3 N–H and O–H groups in total. The molecule has 0 saturated carbocycles. The minimum Gasteiger partial charge on any atom is -0.476 e. The van der Waals surface area contributed by atoms with Gasteiger partial charge in [-0.05, 0) is 0 Å². The van der Waals surface area contributed by atoms with Gasteiger partial charge in [0.15, 0.2) is 0 Å². The van der Waals surface area contributed by atoms with Crippen LogP contribution in [-0.4, -0.2) is 48.3 Å². The summed E-state index contributed by atoms with van der Waals surface area (Å²) in [6, 6.07) is 0. The summed E-state index contributed by atoms with van der Waals surface area (Å²) in [7, 11) is 0. The summed E-state index contributed by atoms with van der Waals surface area (Å²) in [5.41, 5.74) is -1.83. The first-order valence-electron chi connectivity index (χ1n) is 3.10. The zero-order valence-corrected chi connectivity index (χ0v) is 6.41. The van der Waals surface area contributed by atoms with Crippen LogP contribution in [0.15, 0.2) is 0 Å². The first-order chi connectivity index (χ1) is 6.43. The average Bonchev–Trinajstić information content (AvgIpc) is 2.47. The number of hydrogen-bond acceptors (Lipinski definition) is 5. The minimum atomic E-state index is -1.67. The van der Waals surface area contributed by atoms with Gasteiger partial charge in [-0.3, -0.25) is 0 Å². The number of rotatable bonds is 2. The Morgan fingerprint density at radius 2 is 1.29 bits per heavy atom. The zero-order chi connectivity index (χ0) is 10.9. The third kappa shape index (κ3) is 1.50. The lowest BCUT2D eigenvalue weighted by Crippen LogP contribution is -2.12. The Morgan fingerprint density at radius 1 is 0.929 bits per heavy atom. The van der Waals surface area contributed by atoms with Gasteiger partial charge in [0.05, 0.1) is 0 Å². The van der Waals surface area contributed by atoms with Crippen LogP contribution in [0.4, 0.5) is 4.79 Å². The van der Waals surface area contributed by atoms with E-state index < -0.39 is 29.4 Å². The molecule has 0 bridgehead atoms. The molecule has 1 heterocycles. The van der Waals surface area contributed by atoms with E-state index in [1.165, 1.54) is 0 Å². The number of carboxylic acids is 2. The topological polar surface area (TPSA) is 143 Å². The molecular formula is C5H3N3O6. The molecule has 1 aromatic rings. The smallest absolute Gasteiger partial charge is 0.449 e. The summed E-state index contributed by atoms with van der Waals surface area (Å²) < 4.78 is 0. The van der Waals surface area contributed by atoms with E-state index >= 15 is 0 Å². The largest absolute Gasteiger partial charge is 0.476 e. The summed E-state index contributed by atoms with van der Waals surface area (Å²) in [6.07, 6.45) is -1.67. The number of nitrogens with zero attached hydrogens (tertiary/aromatic N) is 3. The van der Waals surface area contributed by atoms with Gasteiger partial charge in [-0.15, -0.1) is 10.2 Å². The highest BCUT2D eigenvalue weighted by Gasteiger charge is 2.24. The molecule has 0 saturated heterocycles. The van der Waals surface area contributed by atoms with Gasteiger partial charge in [0, 0.05) is 0 Å². The molecular weight excluding hydrogens is 198 g/mol. The van der Waals surface area contributed by atoms with Gasteiger partial charge in [-0.1, -0.05) is 4.80 Å². The van der Waals surface area contributed by atoms with Crippen LogP contribution in [0.25, 0.3) is 0 Å². The number of carbonyl (C=O) groups is 3. The van der Waals surface area contributed by atoms with Crippen molar-refractivity contribution in [2.75, 3.05) is 0 Å². The number of aromatic carboxylic acids is 2. The average molecular weight is 201 g/mol. The van der Waals surface area contributed by atoms with Gasteiger partial charge in [0.1, 0.15) is 0 Å². The highest BCUT2D eigenvalue weighted by Crippen LogP contribution is 2.02. The first-order valence-corrected chi connectivity index (χ1v) is 3.10. The molecule has 9 nitrogen and oxygen atoms in total. The highest BCUT2D eigenvalue weighted by atomic mass is 16.4. The van der Waals surface area contributed by atoms with Crippen LogP contribution in [0.2, 0.25) is 0 Å². The summed E-state index contributed by atoms with van der Waals surface area (Å²) >= 11 is 0. The van der Waals surface area contributed by atoms with Crippen molar-refractivity contribution in [1.82, 2.24) is 15.0 Å². The molecule has 0 spiro atoms. The van der Waals surface area contributed by atoms with E-state index in [4.69, 9.17) is 15.3 Å². The summed E-state index contributed by atoms with van der Waals surface area (Å²) in [5, 5.41) is 31.1. The first kappa shape index (κ1) is 9.64. The van der Waals surface area contributed by atoms with E-state index in [0.717, 1.165) is 0 Å². The molecule has 14 heavy (non-hydrogen) atoms. The zero-order valence-electron chi connectivity index (χ0n) is 6.41. The summed E-state index contributed by atoms with van der Waals surface area (Å²) in [6.45, 7) is 0. The van der Waals surface area contributed by atoms with Crippen LogP contribution in [0.3, 0.4) is 0 Å². The predicted molar refractivity (Wildman–Crippen MR) is 37.4 cm³/mol. The molecule has 0 unspecified atom stereocenters. The molecule has 1 rings (SSSR count). The fraction of sp³-hybridized carbons (Fsp3) is 0. The van der Waals surface area contributed by atoms with Crippen molar-refractivity contribution in [2.24, 2.45) is 0 Å². The lowest BCUT2D eigenvalue weighted by Gasteiger charge is -1.85. The molecule has 0 radical (unpaired) electrons. The maximum absolute atomic E-state index is 10.4. The second kappa shape index (κ2) is 3.12. The maximum atomic E-state index is 10.4. The Kier molecular flexibility index (Phi) is 2.15. The number of carboxylic acid groups (broad SMARTS) is 3. The summed E-state index contributed by atoms with van der Waals surface area (Å²) in [4.78, 5) is 31.0. The van der Waals surface area contributed by atoms with Crippen LogP contribution >= 0.6 is 0 Å². The van der Waals surface area contributed by atoms with Gasteiger partial charge in [0.2, 0.25) is 11.4 Å². The van der Waals surface area contributed by atoms with Crippen molar-refractivity contribution in [3.05, 3.63) is 11.4 Å². The van der Waals surface area contributed by atoms with E-state index in [-0.39, 0.29) is 4.80 Å². The summed E-state index contributed by atoms with van der Waals surface area (Å²) in [5.74, 6) is -3.32. The van der Waals surface area contributed by atoms with Crippen molar-refractivity contribution >= 4 is 18.0 Å². The van der Waals surface area contributed by atoms with E-state index in [1.807, 2.05) is 0 Å². The normalized spacial score (nSPS) is 9.71. The standard InChI is InChI=1S/C5H3N3O6/c9-3(10)1-2(4(11)12)7-8(6-1)5(13)14/h(H,9,10)(H,11,12)(H,13,14). The van der Waals surface area contributed by atoms with Crippen LogP contribution < -0.4 is 0 Å². The van der Waals surface area contributed by atoms with E-state index in [2.05, 4.69) is 10.2 Å². The van der Waals surface area contributed by atoms with Crippen molar-refractivity contribution in [2.45, 2.75) is 0 Å². The SMILES string of the molecule is O=C(O)c1nn(C(=O)O)nc1C(=O)O. The molecule has 1 aromatic heterocycles. The van der Waals surface area contributed by atoms with E-state index in [0.29, 0.717) is 0 Å². The van der Waals surface area contributed by atoms with Gasteiger partial charge < -0.3 is 15.3 Å². The molecule has 9 heteroatoms. The molecule has 0 aliphatic carbocycles. The fourth-order valence-electron chi connectivity index (χ4n) is 0.680. The maximum Gasteiger partial charge on any atom is 0.449 e. The van der Waals surface area contributed by atoms with Crippen LogP contribution in [-0.2, 0) is 0 Å². The minimum absolute atomic E-state index is 0.0209. The third-order valence-electron chi connectivity index (χ3n) is 1.19. The third-order valence-corrected chi connectivity index (χ3v) is 1.19. The van der Waals surface area contributed by atoms with Gasteiger partial charge in [0.25, 0.3) is 0 Å². The Balaban J connectivity index is 3.33. The lowest BCUT2D eigenvalue weighted by atomic mass is 10.3. The Bertz CT molecular complexity index is 390. The Morgan fingerprint density at radius 3 is 1.50 bits per heavy atom. The van der Waals surface area contributed by atoms with E-state index in [1.54, 1.807) is 0 Å². The predicted octanol–water partition coefficient (Wildman–Crippen LogP) is -0.799. The molecule has 0 aliphatic heterocycles. The molecule has 0 aromatic carbocycles. The lowest BCUT2D eigenvalue weighted by molar-refractivity contribution is 0.0644. The Labute approximate surface area is 75.2 Å².